The number of fused-ring (bicyclic) bond motifs is 3. The van der Waals surface area contributed by atoms with Crippen LogP contribution in [0.4, 0.5) is 0 Å². The quantitative estimate of drug-likeness (QED) is 0.254. The summed E-state index contributed by atoms with van der Waals surface area (Å²) in [5, 5.41) is 10.5. The van der Waals surface area contributed by atoms with E-state index in [0.29, 0.717) is 42.4 Å². The molecule has 0 radical (unpaired) electrons. The fourth-order valence-corrected chi connectivity index (χ4v) is 6.58. The molecule has 3 aromatic carbocycles. The van der Waals surface area contributed by atoms with Crippen LogP contribution in [0.2, 0.25) is 10.0 Å². The molecule has 3 aromatic rings. The Balaban J connectivity index is 1.46. The maximum absolute atomic E-state index is 14.5. The highest BCUT2D eigenvalue weighted by atomic mass is 35.5. The van der Waals surface area contributed by atoms with Crippen LogP contribution in [0.15, 0.2) is 72.8 Å². The molecule has 0 spiro atoms. The summed E-state index contributed by atoms with van der Waals surface area (Å²) in [6.45, 7) is 4.80. The second-order valence-electron chi connectivity index (χ2n) is 11.8. The van der Waals surface area contributed by atoms with Crippen molar-refractivity contribution in [2.75, 3.05) is 6.54 Å². The number of carbonyl (C=O) groups is 2. The monoisotopic (exact) mass is 609 g/mol. The SMILES string of the molecule is CC1(C)Oc2ccc(Cl)cc2[C@@H]2O[C@H](CCc3ccccc3)[C@H](C(=O)N(CCCC(=O)O)Cc3ccc(Cl)cc3)C[C@H]21. The van der Waals surface area contributed by atoms with Crippen LogP contribution in [0.1, 0.15) is 62.3 Å². The summed E-state index contributed by atoms with van der Waals surface area (Å²) in [7, 11) is 0. The summed E-state index contributed by atoms with van der Waals surface area (Å²) >= 11 is 12.5. The molecule has 1 amide bonds. The molecule has 4 atom stereocenters. The van der Waals surface area contributed by atoms with Crippen LogP contribution in [0.3, 0.4) is 0 Å². The number of ether oxygens (including phenoxy) is 2. The van der Waals surface area contributed by atoms with Crippen molar-refractivity contribution < 1.29 is 24.2 Å². The Labute approximate surface area is 257 Å². The predicted octanol–water partition coefficient (Wildman–Crippen LogP) is 7.75. The Bertz CT molecular complexity index is 1390. The van der Waals surface area contributed by atoms with Crippen molar-refractivity contribution in [2.45, 2.75) is 70.3 Å². The average Bonchev–Trinajstić information content (AvgIpc) is 2.96. The Kier molecular flexibility index (Phi) is 9.46. The number of carbonyl (C=O) groups excluding carboxylic acids is 1. The lowest BCUT2D eigenvalue weighted by Crippen LogP contribution is -2.54. The number of benzene rings is 3. The molecule has 0 aromatic heterocycles. The summed E-state index contributed by atoms with van der Waals surface area (Å²) in [5.74, 6) is -0.649. The van der Waals surface area contributed by atoms with Gasteiger partial charge in [0, 0.05) is 41.0 Å². The van der Waals surface area contributed by atoms with Crippen LogP contribution in [0.25, 0.3) is 0 Å². The van der Waals surface area contributed by atoms with E-state index in [1.807, 2.05) is 48.5 Å². The molecular formula is C34H37Cl2NO5. The lowest BCUT2D eigenvalue weighted by Gasteiger charge is -2.51. The van der Waals surface area contributed by atoms with Crippen molar-refractivity contribution in [1.29, 1.82) is 0 Å². The fourth-order valence-electron chi connectivity index (χ4n) is 6.27. The van der Waals surface area contributed by atoms with E-state index in [1.54, 1.807) is 17.0 Å². The van der Waals surface area contributed by atoms with E-state index in [-0.39, 0.29) is 30.5 Å². The number of nitrogens with zero attached hydrogens (tertiary/aromatic N) is 1. The first kappa shape index (κ1) is 30.4. The van der Waals surface area contributed by atoms with Gasteiger partial charge in [-0.15, -0.1) is 0 Å². The first-order valence-electron chi connectivity index (χ1n) is 14.5. The van der Waals surface area contributed by atoms with Crippen LogP contribution in [0, 0.1) is 11.8 Å². The number of amides is 1. The molecule has 6 nitrogen and oxygen atoms in total. The fraction of sp³-hybridized carbons (Fsp3) is 0.412. The number of carboxylic acids is 1. The first-order valence-corrected chi connectivity index (χ1v) is 15.3. The molecule has 0 aliphatic carbocycles. The highest BCUT2D eigenvalue weighted by molar-refractivity contribution is 6.30. The van der Waals surface area contributed by atoms with E-state index in [0.717, 1.165) is 23.3 Å². The van der Waals surface area contributed by atoms with Crippen LogP contribution in [0.5, 0.6) is 5.75 Å². The third kappa shape index (κ3) is 7.11. The topological polar surface area (TPSA) is 76.1 Å². The van der Waals surface area contributed by atoms with E-state index in [2.05, 4.69) is 26.0 Å². The zero-order chi connectivity index (χ0) is 29.9. The van der Waals surface area contributed by atoms with Crippen molar-refractivity contribution in [3.05, 3.63) is 99.5 Å². The van der Waals surface area contributed by atoms with Gasteiger partial charge in [0.1, 0.15) is 11.4 Å². The molecular weight excluding hydrogens is 573 g/mol. The zero-order valence-corrected chi connectivity index (χ0v) is 25.5. The van der Waals surface area contributed by atoms with Gasteiger partial charge in [-0.25, -0.2) is 0 Å². The maximum atomic E-state index is 14.5. The van der Waals surface area contributed by atoms with Gasteiger partial charge in [-0.3, -0.25) is 9.59 Å². The standard InChI is InChI=1S/C34H37Cl2NO5/c1-34(2)28-20-27(33(40)37(18-6-9-31(38)39)21-23-10-13-24(35)14-11-23)29(16-12-22-7-4-3-5-8-22)41-32(28)26-19-25(36)15-17-30(26)42-34/h3-5,7-8,10-11,13-15,17,19,27-29,32H,6,9,12,16,18,20-21H2,1-2H3,(H,38,39)/t27-,28-,29-,32+/m1/s1. The van der Waals surface area contributed by atoms with Crippen LogP contribution < -0.4 is 4.74 Å². The number of hydrogen-bond acceptors (Lipinski definition) is 4. The number of rotatable bonds is 10. The van der Waals surface area contributed by atoms with Gasteiger partial charge in [0.15, 0.2) is 0 Å². The number of halogens is 2. The molecule has 1 fully saturated rings. The third-order valence-electron chi connectivity index (χ3n) is 8.48. The number of hydrogen-bond donors (Lipinski definition) is 1. The van der Waals surface area contributed by atoms with Crippen molar-refractivity contribution >= 4 is 35.1 Å². The molecule has 1 saturated heterocycles. The first-order chi connectivity index (χ1) is 20.1. The largest absolute Gasteiger partial charge is 0.487 e. The molecule has 0 saturated carbocycles. The van der Waals surface area contributed by atoms with Crippen LogP contribution in [-0.2, 0) is 27.3 Å². The zero-order valence-electron chi connectivity index (χ0n) is 24.0. The average molecular weight is 611 g/mol. The molecule has 2 heterocycles. The van der Waals surface area contributed by atoms with E-state index < -0.39 is 17.5 Å². The van der Waals surface area contributed by atoms with Gasteiger partial charge in [0.05, 0.1) is 18.1 Å². The Morgan fingerprint density at radius 1 is 0.976 bits per heavy atom. The minimum atomic E-state index is -0.878. The van der Waals surface area contributed by atoms with Crippen molar-refractivity contribution in [1.82, 2.24) is 4.90 Å². The van der Waals surface area contributed by atoms with Gasteiger partial charge < -0.3 is 19.5 Å². The van der Waals surface area contributed by atoms with E-state index in [9.17, 15) is 14.7 Å². The van der Waals surface area contributed by atoms with Gasteiger partial charge in [-0.1, -0.05) is 65.7 Å². The molecule has 42 heavy (non-hydrogen) atoms. The normalized spacial score (nSPS) is 22.4. The molecule has 0 bridgehead atoms. The third-order valence-corrected chi connectivity index (χ3v) is 8.97. The summed E-state index contributed by atoms with van der Waals surface area (Å²) in [4.78, 5) is 27.6. The van der Waals surface area contributed by atoms with Gasteiger partial charge in [0.2, 0.25) is 5.91 Å². The second-order valence-corrected chi connectivity index (χ2v) is 12.7. The Morgan fingerprint density at radius 3 is 2.40 bits per heavy atom. The highest BCUT2D eigenvalue weighted by Crippen LogP contribution is 2.53. The van der Waals surface area contributed by atoms with Crippen molar-refractivity contribution in [3.63, 3.8) is 0 Å². The van der Waals surface area contributed by atoms with E-state index in [1.165, 1.54) is 5.56 Å². The van der Waals surface area contributed by atoms with E-state index in [4.69, 9.17) is 32.7 Å². The van der Waals surface area contributed by atoms with Crippen LogP contribution >= 0.6 is 23.2 Å². The van der Waals surface area contributed by atoms with Crippen molar-refractivity contribution in [2.24, 2.45) is 11.8 Å². The Hall–Kier alpha value is -3.06. The summed E-state index contributed by atoms with van der Waals surface area (Å²) < 4.78 is 13.4. The summed E-state index contributed by atoms with van der Waals surface area (Å²) in [6.07, 6.45) is 1.78. The summed E-state index contributed by atoms with van der Waals surface area (Å²) in [5.41, 5.74) is 2.47. The van der Waals surface area contributed by atoms with Crippen molar-refractivity contribution in [3.8, 4) is 5.75 Å². The maximum Gasteiger partial charge on any atom is 0.303 e. The molecule has 8 heteroatoms. The second kappa shape index (κ2) is 13.1. The van der Waals surface area contributed by atoms with Gasteiger partial charge in [0.25, 0.3) is 0 Å². The minimum absolute atomic E-state index is 0.00782. The Morgan fingerprint density at radius 2 is 1.69 bits per heavy atom. The summed E-state index contributed by atoms with van der Waals surface area (Å²) in [6, 6.07) is 23.3. The number of carboxylic acid groups (broad SMARTS) is 1. The lowest BCUT2D eigenvalue weighted by atomic mass is 9.71. The number of aryl methyl sites for hydroxylation is 1. The lowest BCUT2D eigenvalue weighted by molar-refractivity contribution is -0.185. The molecule has 1 N–H and O–H groups in total. The molecule has 222 valence electrons. The molecule has 5 rings (SSSR count). The van der Waals surface area contributed by atoms with Crippen LogP contribution in [-0.4, -0.2) is 40.1 Å². The molecule has 2 aliphatic rings. The van der Waals surface area contributed by atoms with E-state index >= 15 is 0 Å². The minimum Gasteiger partial charge on any atom is -0.487 e. The van der Waals surface area contributed by atoms with Gasteiger partial charge in [-0.05, 0) is 81.0 Å². The van der Waals surface area contributed by atoms with Gasteiger partial charge in [-0.2, -0.15) is 0 Å². The molecule has 0 unspecified atom stereocenters. The predicted molar refractivity (Wildman–Crippen MR) is 164 cm³/mol. The number of aliphatic carboxylic acids is 1. The highest BCUT2D eigenvalue weighted by Gasteiger charge is 2.52. The molecule has 2 aliphatic heterocycles. The smallest absolute Gasteiger partial charge is 0.303 e. The van der Waals surface area contributed by atoms with Gasteiger partial charge >= 0.3 is 5.97 Å².